The minimum Gasteiger partial charge on any atom is -0.429 e. The van der Waals surface area contributed by atoms with E-state index in [0.29, 0.717) is 29.2 Å². The fourth-order valence-electron chi connectivity index (χ4n) is 4.83. The van der Waals surface area contributed by atoms with Crippen molar-refractivity contribution >= 4 is 24.0 Å². The fraction of sp³-hybridized carbons (Fsp3) is 0.250. The molecule has 0 saturated heterocycles. The second-order valence-electron chi connectivity index (χ2n) is 10.4. The number of hydrogen-bond donors (Lipinski definition) is 0. The molecule has 0 saturated carbocycles. The second-order valence-corrected chi connectivity index (χ2v) is 10.7. The third kappa shape index (κ3) is 8.55. The summed E-state index contributed by atoms with van der Waals surface area (Å²) in [6, 6.07) is 22.2. The van der Waals surface area contributed by atoms with Gasteiger partial charge in [-0.25, -0.2) is 9.78 Å². The van der Waals surface area contributed by atoms with Crippen LogP contribution >= 0.6 is 11.6 Å². The molecule has 0 aliphatic heterocycles. The molecule has 0 spiro atoms. The van der Waals surface area contributed by atoms with E-state index in [9.17, 15) is 19.7 Å². The highest BCUT2D eigenvalue weighted by molar-refractivity contribution is 6.31. The second kappa shape index (κ2) is 15.6. The molecule has 0 amide bonds. The maximum atomic E-state index is 12.2. The highest BCUT2D eigenvalue weighted by Gasteiger charge is 2.17. The molecule has 5 rings (SSSR count). The van der Waals surface area contributed by atoms with Gasteiger partial charge >= 0.3 is 6.16 Å². The van der Waals surface area contributed by atoms with Gasteiger partial charge in [0.15, 0.2) is 11.4 Å². The molecule has 0 N–H and O–H groups in total. The fourth-order valence-corrected chi connectivity index (χ4v) is 5.08. The summed E-state index contributed by atoms with van der Waals surface area (Å²) in [5, 5.41) is 22.3. The van der Waals surface area contributed by atoms with E-state index in [4.69, 9.17) is 21.1 Å². The van der Waals surface area contributed by atoms with Crippen molar-refractivity contribution in [1.29, 1.82) is 0 Å². The van der Waals surface area contributed by atoms with Crippen LogP contribution in [-0.2, 0) is 47.2 Å². The summed E-state index contributed by atoms with van der Waals surface area (Å²) in [7, 11) is 0. The van der Waals surface area contributed by atoms with Gasteiger partial charge < -0.3 is 18.9 Å². The van der Waals surface area contributed by atoms with Gasteiger partial charge in [0.05, 0.1) is 0 Å². The maximum absolute atomic E-state index is 12.2. The topological polar surface area (TPSA) is 166 Å². The molecular formula is C32H30ClN7O7. The average molecular weight is 660 g/mol. The number of halogens is 1. The van der Waals surface area contributed by atoms with Crippen LogP contribution in [0.1, 0.15) is 52.8 Å². The van der Waals surface area contributed by atoms with E-state index in [2.05, 4.69) is 32.2 Å². The Morgan fingerprint density at radius 1 is 0.979 bits per heavy atom. The van der Waals surface area contributed by atoms with Crippen LogP contribution in [0.15, 0.2) is 72.8 Å². The Labute approximate surface area is 274 Å². The molecule has 242 valence electrons. The number of aldehydes is 1. The lowest BCUT2D eigenvalue weighted by Crippen LogP contribution is -2.13. The Kier molecular flexibility index (Phi) is 10.9. The van der Waals surface area contributed by atoms with Gasteiger partial charge in [0.1, 0.15) is 24.7 Å². The Balaban J connectivity index is 1.21. The third-order valence-electron chi connectivity index (χ3n) is 7.12. The smallest absolute Gasteiger partial charge is 0.429 e. The number of unbranched alkanes of at least 4 members (excludes halogenated alkanes) is 1. The van der Waals surface area contributed by atoms with Gasteiger partial charge in [0.25, 0.3) is 5.09 Å². The van der Waals surface area contributed by atoms with Crippen molar-refractivity contribution < 1.29 is 29.0 Å². The molecule has 0 unspecified atom stereocenters. The molecule has 15 heteroatoms. The molecule has 0 radical (unpaired) electrons. The van der Waals surface area contributed by atoms with E-state index in [-0.39, 0.29) is 25.1 Å². The van der Waals surface area contributed by atoms with E-state index in [1.165, 1.54) is 0 Å². The molecule has 0 fully saturated rings. The minimum atomic E-state index is -0.952. The van der Waals surface area contributed by atoms with Crippen LogP contribution in [0, 0.1) is 10.1 Å². The van der Waals surface area contributed by atoms with E-state index >= 15 is 0 Å². The average Bonchev–Trinajstić information content (AvgIpc) is 3.68. The Bertz CT molecular complexity index is 1860. The van der Waals surface area contributed by atoms with Crippen LogP contribution in [0.25, 0.3) is 22.5 Å². The van der Waals surface area contributed by atoms with Crippen LogP contribution in [0.4, 0.5) is 4.79 Å². The number of aryl methyl sites for hydroxylation is 1. The van der Waals surface area contributed by atoms with Gasteiger partial charge in [-0.2, -0.15) is 0 Å². The van der Waals surface area contributed by atoms with Crippen molar-refractivity contribution in [2.75, 3.05) is 0 Å². The predicted molar refractivity (Wildman–Crippen MR) is 169 cm³/mol. The molecule has 0 aliphatic carbocycles. The lowest BCUT2D eigenvalue weighted by Gasteiger charge is -2.11. The third-order valence-corrected chi connectivity index (χ3v) is 7.39. The van der Waals surface area contributed by atoms with Crippen LogP contribution < -0.4 is 0 Å². The highest BCUT2D eigenvalue weighted by atomic mass is 35.5. The summed E-state index contributed by atoms with van der Waals surface area (Å²) in [6.45, 7) is 1.90. The molecular weight excluding hydrogens is 630 g/mol. The van der Waals surface area contributed by atoms with Crippen LogP contribution in [0.3, 0.4) is 0 Å². The predicted octanol–water partition coefficient (Wildman–Crippen LogP) is 6.08. The molecule has 2 heterocycles. The summed E-state index contributed by atoms with van der Waals surface area (Å²) < 4.78 is 12.1. The molecule has 5 aromatic rings. The maximum Gasteiger partial charge on any atom is 0.510 e. The van der Waals surface area contributed by atoms with E-state index in [1.807, 2.05) is 53.1 Å². The highest BCUT2D eigenvalue weighted by Crippen LogP contribution is 2.30. The summed E-state index contributed by atoms with van der Waals surface area (Å²) >= 11 is 6.24. The number of nitrogens with zero attached hydrogens (tertiary/aromatic N) is 7. The van der Waals surface area contributed by atoms with Crippen molar-refractivity contribution in [2.45, 2.75) is 52.7 Å². The number of carbonyl (C=O) groups excluding carboxylic acids is 2. The van der Waals surface area contributed by atoms with E-state index in [0.717, 1.165) is 58.4 Å². The number of aromatic nitrogens is 6. The molecule has 0 aliphatic rings. The number of imidazole rings is 1. The van der Waals surface area contributed by atoms with Gasteiger partial charge in [0.2, 0.25) is 12.6 Å². The number of benzene rings is 3. The largest absolute Gasteiger partial charge is 0.510 e. The zero-order chi connectivity index (χ0) is 33.2. The molecule has 0 bridgehead atoms. The number of hydrogen-bond acceptors (Lipinski definition) is 11. The Hall–Kier alpha value is -5.63. The normalized spacial score (nSPS) is 10.9. The van der Waals surface area contributed by atoms with Crippen LogP contribution in [-0.4, -0.2) is 47.3 Å². The van der Waals surface area contributed by atoms with Gasteiger partial charge in [-0.3, -0.25) is 4.79 Å². The first-order valence-electron chi connectivity index (χ1n) is 14.7. The van der Waals surface area contributed by atoms with Gasteiger partial charge in [-0.05, 0) is 39.5 Å². The molecule has 2 aromatic heterocycles. The lowest BCUT2D eigenvalue weighted by atomic mass is 9.98. The number of carbonyl (C=O) groups is 2. The lowest BCUT2D eigenvalue weighted by molar-refractivity contribution is -0.763. The van der Waals surface area contributed by atoms with Crippen molar-refractivity contribution in [2.24, 2.45) is 0 Å². The van der Waals surface area contributed by atoms with E-state index in [1.54, 1.807) is 24.3 Å². The summed E-state index contributed by atoms with van der Waals surface area (Å²) in [5.41, 5.74) is 5.01. The van der Waals surface area contributed by atoms with Crippen molar-refractivity contribution in [3.63, 3.8) is 0 Å². The molecule has 14 nitrogen and oxygen atoms in total. The van der Waals surface area contributed by atoms with Crippen molar-refractivity contribution in [3.05, 3.63) is 116 Å². The van der Waals surface area contributed by atoms with Gasteiger partial charge in [-0.1, -0.05) is 97.7 Å². The monoisotopic (exact) mass is 659 g/mol. The quantitative estimate of drug-likeness (QED) is 0.0553. The number of tetrazole rings is 1. The summed E-state index contributed by atoms with van der Waals surface area (Å²) in [6.07, 6.45) is 2.47. The Morgan fingerprint density at radius 2 is 1.72 bits per heavy atom. The summed E-state index contributed by atoms with van der Waals surface area (Å²) in [4.78, 5) is 44.2. The molecule has 47 heavy (non-hydrogen) atoms. The van der Waals surface area contributed by atoms with Crippen molar-refractivity contribution in [3.8, 4) is 22.5 Å². The molecule has 3 aromatic carbocycles. The first-order valence-corrected chi connectivity index (χ1v) is 15.0. The SMILES string of the molecule is CCCCc1nc(Cl)c(C=O)n1Cc1ccc(-c2ccccc2-c2nnn(COC(=O)OCc3cccc(CO[N+](=O)[O-])c3)n2)cc1. The van der Waals surface area contributed by atoms with Crippen molar-refractivity contribution in [1.82, 2.24) is 29.8 Å². The molecule has 0 atom stereocenters. The zero-order valence-electron chi connectivity index (χ0n) is 25.3. The first kappa shape index (κ1) is 32.8. The first-order chi connectivity index (χ1) is 22.8. The number of rotatable bonds is 15. The Morgan fingerprint density at radius 3 is 2.45 bits per heavy atom. The summed E-state index contributed by atoms with van der Waals surface area (Å²) in [5.74, 6) is 1.12. The van der Waals surface area contributed by atoms with Gasteiger partial charge in [0, 0.05) is 18.5 Å². The van der Waals surface area contributed by atoms with Gasteiger partial charge in [-0.15, -0.1) is 25.1 Å². The zero-order valence-corrected chi connectivity index (χ0v) is 26.1. The standard InChI is InChI=1S/C32H30ClN7O7/c1-2-3-11-29-34-30(33)28(18-41)38(29)17-22-12-14-25(15-13-22)26-9-4-5-10-27(26)31-35-37-39(36-31)21-46-32(42)45-19-23-7-6-8-24(16-23)20-47-40(43)44/h4-10,12-16,18H,2-3,11,17,19-21H2,1H3. The van der Waals surface area contributed by atoms with Crippen LogP contribution in [0.2, 0.25) is 5.15 Å². The van der Waals surface area contributed by atoms with Crippen LogP contribution in [0.5, 0.6) is 0 Å². The van der Waals surface area contributed by atoms with E-state index < -0.39 is 11.2 Å². The number of ether oxygens (including phenoxy) is 2. The minimum absolute atomic E-state index is 0.109.